The molecule has 1 aliphatic heterocycles. The number of hydrogen-bond acceptors (Lipinski definition) is 4. The van der Waals surface area contributed by atoms with Gasteiger partial charge in [0.05, 0.1) is 6.54 Å². The van der Waals surface area contributed by atoms with E-state index >= 15 is 0 Å². The van der Waals surface area contributed by atoms with Crippen LogP contribution in [0.1, 0.15) is 19.8 Å². The van der Waals surface area contributed by atoms with Crippen molar-refractivity contribution in [1.29, 1.82) is 0 Å². The fourth-order valence-corrected chi connectivity index (χ4v) is 3.64. The fraction of sp³-hybridized carbons (Fsp3) is 0.455. The van der Waals surface area contributed by atoms with Crippen molar-refractivity contribution in [2.24, 2.45) is 0 Å². The highest BCUT2D eigenvalue weighted by atomic mass is 35.5. The molecule has 2 aromatic rings. The third kappa shape index (κ3) is 5.84. The van der Waals surface area contributed by atoms with Crippen LogP contribution in [0.25, 0.3) is 10.8 Å². The molecule has 0 atom stereocenters. The van der Waals surface area contributed by atoms with E-state index in [1.54, 1.807) is 17.0 Å². The molecule has 156 valence electrons. The number of nitrogens with one attached hydrogen (secondary N) is 1. The van der Waals surface area contributed by atoms with Gasteiger partial charge in [0, 0.05) is 48.5 Å². The summed E-state index contributed by atoms with van der Waals surface area (Å²) in [6.45, 7) is 5.79. The first-order chi connectivity index (χ1) is 14.1. The normalized spacial score (nSPS) is 14.8. The average molecular weight is 418 g/mol. The Labute approximate surface area is 176 Å². The summed E-state index contributed by atoms with van der Waals surface area (Å²) in [5, 5.41) is 5.39. The summed E-state index contributed by atoms with van der Waals surface area (Å²) < 4.78 is 5.81. The molecule has 1 aliphatic rings. The standard InChI is InChI=1S/C22H28ClN3O3/c1-2-3-10-24-21(27)15-25-11-13-26(14-12-25)22(28)16-29-20-9-8-19(23)17-6-4-5-7-18(17)20/h4-9H,2-3,10-16H2,1H3,(H,24,27). The molecule has 0 aromatic heterocycles. The average Bonchev–Trinajstić information content (AvgIpc) is 2.74. The number of carbonyl (C=O) groups is 2. The Morgan fingerprint density at radius 2 is 1.79 bits per heavy atom. The topological polar surface area (TPSA) is 61.9 Å². The number of carbonyl (C=O) groups excluding carboxylic acids is 2. The van der Waals surface area contributed by atoms with Gasteiger partial charge in [-0.2, -0.15) is 0 Å². The Morgan fingerprint density at radius 3 is 2.52 bits per heavy atom. The second-order valence-electron chi connectivity index (χ2n) is 7.24. The molecule has 1 N–H and O–H groups in total. The molecule has 29 heavy (non-hydrogen) atoms. The van der Waals surface area contributed by atoms with Gasteiger partial charge in [0.25, 0.3) is 5.91 Å². The highest BCUT2D eigenvalue weighted by Gasteiger charge is 2.22. The second-order valence-corrected chi connectivity index (χ2v) is 7.65. The van der Waals surface area contributed by atoms with Crippen molar-refractivity contribution in [2.45, 2.75) is 19.8 Å². The number of ether oxygens (including phenoxy) is 1. The number of nitrogens with zero attached hydrogens (tertiary/aromatic N) is 2. The lowest BCUT2D eigenvalue weighted by molar-refractivity contribution is -0.135. The van der Waals surface area contributed by atoms with E-state index in [4.69, 9.17) is 16.3 Å². The van der Waals surface area contributed by atoms with Crippen LogP contribution < -0.4 is 10.1 Å². The maximum absolute atomic E-state index is 12.6. The Bertz CT molecular complexity index is 850. The van der Waals surface area contributed by atoms with E-state index < -0.39 is 0 Å². The van der Waals surface area contributed by atoms with Crippen molar-refractivity contribution in [3.63, 3.8) is 0 Å². The van der Waals surface area contributed by atoms with Crippen LogP contribution in [0, 0.1) is 0 Å². The first-order valence-electron chi connectivity index (χ1n) is 10.2. The Kier molecular flexibility index (Phi) is 7.72. The molecule has 6 nitrogen and oxygen atoms in total. The summed E-state index contributed by atoms with van der Waals surface area (Å²) in [6, 6.07) is 11.3. The quantitative estimate of drug-likeness (QED) is 0.671. The lowest BCUT2D eigenvalue weighted by Gasteiger charge is -2.34. The smallest absolute Gasteiger partial charge is 0.260 e. The van der Waals surface area contributed by atoms with Crippen molar-refractivity contribution >= 4 is 34.2 Å². The van der Waals surface area contributed by atoms with Crippen molar-refractivity contribution < 1.29 is 14.3 Å². The van der Waals surface area contributed by atoms with Gasteiger partial charge in [-0.1, -0.05) is 49.2 Å². The van der Waals surface area contributed by atoms with Gasteiger partial charge < -0.3 is 15.0 Å². The number of halogens is 1. The first-order valence-corrected chi connectivity index (χ1v) is 10.5. The molecular formula is C22H28ClN3O3. The zero-order chi connectivity index (χ0) is 20.6. The lowest BCUT2D eigenvalue weighted by atomic mass is 10.1. The number of unbranched alkanes of at least 4 members (excludes halogenated alkanes) is 1. The first kappa shape index (κ1) is 21.4. The molecule has 3 rings (SSSR count). The van der Waals surface area contributed by atoms with E-state index in [9.17, 15) is 9.59 Å². The van der Waals surface area contributed by atoms with Crippen molar-refractivity contribution in [2.75, 3.05) is 45.9 Å². The summed E-state index contributed by atoms with van der Waals surface area (Å²) in [6.07, 6.45) is 2.06. The molecule has 0 unspecified atom stereocenters. The Morgan fingerprint density at radius 1 is 1.07 bits per heavy atom. The molecule has 2 amide bonds. The molecule has 1 saturated heterocycles. The van der Waals surface area contributed by atoms with Gasteiger partial charge in [0.2, 0.25) is 5.91 Å². The number of amides is 2. The summed E-state index contributed by atoms with van der Waals surface area (Å²) in [4.78, 5) is 28.4. The minimum atomic E-state index is -0.0453. The van der Waals surface area contributed by atoms with Crippen LogP contribution in [-0.4, -0.2) is 67.5 Å². The number of fused-ring (bicyclic) bond motifs is 1. The molecule has 0 saturated carbocycles. The molecule has 1 fully saturated rings. The zero-order valence-electron chi connectivity index (χ0n) is 16.8. The SMILES string of the molecule is CCCCNC(=O)CN1CCN(C(=O)COc2ccc(Cl)c3ccccc23)CC1. The maximum atomic E-state index is 12.6. The number of benzene rings is 2. The third-order valence-corrected chi connectivity index (χ3v) is 5.46. The van der Waals surface area contributed by atoms with Crippen molar-refractivity contribution in [3.05, 3.63) is 41.4 Å². The molecule has 1 heterocycles. The molecule has 2 aromatic carbocycles. The zero-order valence-corrected chi connectivity index (χ0v) is 17.6. The molecule has 0 aliphatic carbocycles. The Balaban J connectivity index is 1.46. The van der Waals surface area contributed by atoms with Gasteiger partial charge in [-0.15, -0.1) is 0 Å². The fourth-order valence-electron chi connectivity index (χ4n) is 3.41. The predicted octanol–water partition coefficient (Wildman–Crippen LogP) is 2.93. The van der Waals surface area contributed by atoms with Crippen LogP contribution in [0.4, 0.5) is 0 Å². The van der Waals surface area contributed by atoms with Crippen molar-refractivity contribution in [3.8, 4) is 5.75 Å². The number of hydrogen-bond donors (Lipinski definition) is 1. The lowest BCUT2D eigenvalue weighted by Crippen LogP contribution is -2.52. The van der Waals surface area contributed by atoms with Crippen LogP contribution in [0.2, 0.25) is 5.02 Å². The van der Waals surface area contributed by atoms with E-state index in [-0.39, 0.29) is 18.4 Å². The van der Waals surface area contributed by atoms with Gasteiger partial charge in [0.1, 0.15) is 5.75 Å². The van der Waals surface area contributed by atoms with Gasteiger partial charge in [-0.05, 0) is 18.6 Å². The second kappa shape index (κ2) is 10.5. The highest BCUT2D eigenvalue weighted by molar-refractivity contribution is 6.35. The highest BCUT2D eigenvalue weighted by Crippen LogP contribution is 2.31. The van der Waals surface area contributed by atoms with E-state index in [0.29, 0.717) is 43.5 Å². The Hall–Kier alpha value is -2.31. The summed E-state index contributed by atoms with van der Waals surface area (Å²) in [7, 11) is 0. The van der Waals surface area contributed by atoms with Crippen LogP contribution >= 0.6 is 11.6 Å². The number of piperazine rings is 1. The predicted molar refractivity (Wildman–Crippen MR) is 115 cm³/mol. The third-order valence-electron chi connectivity index (χ3n) is 5.13. The summed E-state index contributed by atoms with van der Waals surface area (Å²) in [5.74, 6) is 0.660. The van der Waals surface area contributed by atoms with Gasteiger partial charge in [-0.25, -0.2) is 0 Å². The van der Waals surface area contributed by atoms with Crippen molar-refractivity contribution in [1.82, 2.24) is 15.1 Å². The van der Waals surface area contributed by atoms with Crippen LogP contribution in [0.5, 0.6) is 5.75 Å². The maximum Gasteiger partial charge on any atom is 0.260 e. The molecule has 0 radical (unpaired) electrons. The van der Waals surface area contributed by atoms with E-state index in [0.717, 1.165) is 30.2 Å². The van der Waals surface area contributed by atoms with E-state index in [1.165, 1.54) is 0 Å². The van der Waals surface area contributed by atoms with Crippen LogP contribution in [-0.2, 0) is 9.59 Å². The molecule has 7 heteroatoms. The summed E-state index contributed by atoms with van der Waals surface area (Å²) >= 11 is 6.23. The van der Waals surface area contributed by atoms with Crippen LogP contribution in [0.15, 0.2) is 36.4 Å². The molecule has 0 bridgehead atoms. The monoisotopic (exact) mass is 417 g/mol. The van der Waals surface area contributed by atoms with Gasteiger partial charge in [-0.3, -0.25) is 14.5 Å². The largest absolute Gasteiger partial charge is 0.483 e. The van der Waals surface area contributed by atoms with Gasteiger partial charge >= 0.3 is 0 Å². The minimum Gasteiger partial charge on any atom is -0.483 e. The van der Waals surface area contributed by atoms with E-state index in [2.05, 4.69) is 17.1 Å². The molecular weight excluding hydrogens is 390 g/mol. The van der Waals surface area contributed by atoms with E-state index in [1.807, 2.05) is 24.3 Å². The van der Waals surface area contributed by atoms with Gasteiger partial charge in [0.15, 0.2) is 6.61 Å². The molecule has 0 spiro atoms. The number of rotatable bonds is 8. The minimum absolute atomic E-state index is 0.0108. The van der Waals surface area contributed by atoms with Crippen LogP contribution in [0.3, 0.4) is 0 Å². The summed E-state index contributed by atoms with van der Waals surface area (Å²) in [5.41, 5.74) is 0.